The number of hydrogen-bond acceptors (Lipinski definition) is 2. The summed E-state index contributed by atoms with van der Waals surface area (Å²) in [6.45, 7) is 2.87. The predicted octanol–water partition coefficient (Wildman–Crippen LogP) is -0.0104. The second kappa shape index (κ2) is 3.01. The molecule has 1 rings (SSSR count). The van der Waals surface area contributed by atoms with Crippen LogP contribution in [0.2, 0.25) is 0 Å². The van der Waals surface area contributed by atoms with Crippen molar-refractivity contribution in [2.45, 2.75) is 25.9 Å². The first-order chi connectivity index (χ1) is 4.70. The van der Waals surface area contributed by atoms with Crippen molar-refractivity contribution in [3.8, 4) is 0 Å². The number of likely N-dealkylation sites (tertiary alicyclic amines) is 1. The highest BCUT2D eigenvalue weighted by atomic mass is 16.3. The number of carbonyl (C=O) groups excluding carboxylic acids is 1. The van der Waals surface area contributed by atoms with E-state index >= 15 is 0 Å². The lowest BCUT2D eigenvalue weighted by molar-refractivity contribution is -0.131. The van der Waals surface area contributed by atoms with Crippen LogP contribution in [-0.4, -0.2) is 35.1 Å². The molecule has 0 aromatic heterocycles. The number of piperidine rings is 1. The van der Waals surface area contributed by atoms with Gasteiger partial charge in [0.2, 0.25) is 5.91 Å². The van der Waals surface area contributed by atoms with E-state index in [1.165, 1.54) is 6.92 Å². The first-order valence-corrected chi connectivity index (χ1v) is 3.63. The Hall–Kier alpha value is -0.570. The summed E-state index contributed by atoms with van der Waals surface area (Å²) in [5.41, 5.74) is 0. The Morgan fingerprint density at radius 1 is 1.70 bits per heavy atom. The van der Waals surface area contributed by atoms with Gasteiger partial charge in [-0.2, -0.15) is 0 Å². The van der Waals surface area contributed by atoms with Gasteiger partial charge in [0.15, 0.2) is 0 Å². The predicted molar refractivity (Wildman–Crippen MR) is 37.5 cm³/mol. The highest BCUT2D eigenvalue weighted by Crippen LogP contribution is 2.08. The van der Waals surface area contributed by atoms with Crippen molar-refractivity contribution < 1.29 is 9.90 Å². The van der Waals surface area contributed by atoms with Gasteiger partial charge in [-0.3, -0.25) is 4.79 Å². The van der Waals surface area contributed by atoms with Crippen LogP contribution in [0, 0.1) is 0 Å². The van der Waals surface area contributed by atoms with Crippen LogP contribution in [0.1, 0.15) is 19.8 Å². The monoisotopic (exact) mass is 143 g/mol. The summed E-state index contributed by atoms with van der Waals surface area (Å²) in [5.74, 6) is 0.0683. The number of aliphatic hydroxyl groups is 1. The molecule has 0 aromatic carbocycles. The number of carbonyl (C=O) groups is 1. The zero-order valence-electron chi connectivity index (χ0n) is 6.21. The topological polar surface area (TPSA) is 40.5 Å². The molecule has 0 radical (unpaired) electrons. The van der Waals surface area contributed by atoms with Gasteiger partial charge in [-0.1, -0.05) is 0 Å². The van der Waals surface area contributed by atoms with Crippen LogP contribution in [0.5, 0.6) is 0 Å². The molecule has 1 aliphatic heterocycles. The fourth-order valence-corrected chi connectivity index (χ4v) is 1.24. The lowest BCUT2D eigenvalue weighted by Gasteiger charge is -2.28. The minimum absolute atomic E-state index is 0.0683. The highest BCUT2D eigenvalue weighted by Gasteiger charge is 2.18. The average molecular weight is 143 g/mol. The van der Waals surface area contributed by atoms with Crippen molar-refractivity contribution >= 4 is 5.91 Å². The molecule has 0 aromatic rings. The molecule has 3 nitrogen and oxygen atoms in total. The molecule has 58 valence electrons. The molecule has 10 heavy (non-hydrogen) atoms. The van der Waals surface area contributed by atoms with Crippen LogP contribution in [-0.2, 0) is 4.79 Å². The second-order valence-corrected chi connectivity index (χ2v) is 2.76. The van der Waals surface area contributed by atoms with E-state index in [1.54, 1.807) is 4.90 Å². The summed E-state index contributed by atoms with van der Waals surface area (Å²) in [4.78, 5) is 12.4. The van der Waals surface area contributed by atoms with Crippen molar-refractivity contribution in [1.82, 2.24) is 4.90 Å². The maximum atomic E-state index is 10.8. The molecule has 1 unspecified atom stereocenters. The molecule has 1 heterocycles. The van der Waals surface area contributed by atoms with Gasteiger partial charge in [-0.25, -0.2) is 0 Å². The fraction of sp³-hybridized carbons (Fsp3) is 0.857. The van der Waals surface area contributed by atoms with Gasteiger partial charge in [0.1, 0.15) is 0 Å². The van der Waals surface area contributed by atoms with Gasteiger partial charge < -0.3 is 10.0 Å². The Morgan fingerprint density at radius 3 is 2.80 bits per heavy atom. The van der Waals surface area contributed by atoms with Crippen molar-refractivity contribution in [2.75, 3.05) is 13.1 Å². The maximum absolute atomic E-state index is 10.8. The zero-order chi connectivity index (χ0) is 7.56. The quantitative estimate of drug-likeness (QED) is 0.518. The van der Waals surface area contributed by atoms with Crippen molar-refractivity contribution in [3.63, 3.8) is 0 Å². The maximum Gasteiger partial charge on any atom is 0.219 e. The SMILES string of the molecule is CC(=O)N1CCCC(O)C1. The van der Waals surface area contributed by atoms with E-state index in [-0.39, 0.29) is 12.0 Å². The number of nitrogens with zero attached hydrogens (tertiary/aromatic N) is 1. The number of amides is 1. The van der Waals surface area contributed by atoms with Crippen LogP contribution in [0.25, 0.3) is 0 Å². The van der Waals surface area contributed by atoms with E-state index in [9.17, 15) is 4.79 Å². The van der Waals surface area contributed by atoms with Gasteiger partial charge in [0.25, 0.3) is 0 Å². The largest absolute Gasteiger partial charge is 0.391 e. The van der Waals surface area contributed by atoms with Crippen LogP contribution < -0.4 is 0 Å². The lowest BCUT2D eigenvalue weighted by Crippen LogP contribution is -2.40. The first kappa shape index (κ1) is 7.54. The third kappa shape index (κ3) is 1.70. The van der Waals surface area contributed by atoms with E-state index in [4.69, 9.17) is 5.11 Å². The van der Waals surface area contributed by atoms with Crippen LogP contribution >= 0.6 is 0 Å². The van der Waals surface area contributed by atoms with E-state index in [0.29, 0.717) is 6.54 Å². The van der Waals surface area contributed by atoms with E-state index in [2.05, 4.69) is 0 Å². The molecule has 1 saturated heterocycles. The smallest absolute Gasteiger partial charge is 0.219 e. The minimum atomic E-state index is -0.294. The Labute approximate surface area is 60.6 Å². The Kier molecular flexibility index (Phi) is 2.27. The molecular formula is C7H13NO2. The van der Waals surface area contributed by atoms with Gasteiger partial charge in [-0.15, -0.1) is 0 Å². The third-order valence-electron chi connectivity index (χ3n) is 1.84. The van der Waals surface area contributed by atoms with Gasteiger partial charge in [-0.05, 0) is 12.8 Å². The molecule has 0 aliphatic carbocycles. The molecule has 1 aliphatic rings. The molecule has 0 spiro atoms. The Morgan fingerprint density at radius 2 is 2.40 bits per heavy atom. The normalized spacial score (nSPS) is 26.6. The lowest BCUT2D eigenvalue weighted by atomic mass is 10.1. The Balaban J connectivity index is 2.39. The molecule has 0 bridgehead atoms. The van der Waals surface area contributed by atoms with Crippen molar-refractivity contribution in [2.24, 2.45) is 0 Å². The average Bonchev–Trinajstić information content (AvgIpc) is 1.88. The van der Waals surface area contributed by atoms with Gasteiger partial charge in [0.05, 0.1) is 6.10 Å². The Bertz CT molecular complexity index is 136. The standard InChI is InChI=1S/C7H13NO2/c1-6(9)8-4-2-3-7(10)5-8/h7,10H,2-5H2,1H3. The number of aliphatic hydroxyl groups excluding tert-OH is 1. The molecule has 1 atom stereocenters. The zero-order valence-corrected chi connectivity index (χ0v) is 6.21. The highest BCUT2D eigenvalue weighted by molar-refractivity contribution is 5.73. The summed E-state index contributed by atoms with van der Waals surface area (Å²) >= 11 is 0. The number of rotatable bonds is 0. The van der Waals surface area contributed by atoms with Crippen LogP contribution in [0.15, 0.2) is 0 Å². The van der Waals surface area contributed by atoms with Gasteiger partial charge in [0, 0.05) is 20.0 Å². The summed E-state index contributed by atoms with van der Waals surface area (Å²) in [6, 6.07) is 0. The van der Waals surface area contributed by atoms with Crippen LogP contribution in [0.3, 0.4) is 0 Å². The molecule has 1 fully saturated rings. The van der Waals surface area contributed by atoms with E-state index in [0.717, 1.165) is 19.4 Å². The first-order valence-electron chi connectivity index (χ1n) is 3.63. The third-order valence-corrected chi connectivity index (χ3v) is 1.84. The van der Waals surface area contributed by atoms with Gasteiger partial charge >= 0.3 is 0 Å². The molecule has 3 heteroatoms. The van der Waals surface area contributed by atoms with Crippen LogP contribution in [0.4, 0.5) is 0 Å². The van der Waals surface area contributed by atoms with E-state index in [1.807, 2.05) is 0 Å². The van der Waals surface area contributed by atoms with Crippen molar-refractivity contribution in [1.29, 1.82) is 0 Å². The molecule has 1 N–H and O–H groups in total. The number of hydrogen-bond donors (Lipinski definition) is 1. The molecular weight excluding hydrogens is 130 g/mol. The second-order valence-electron chi connectivity index (χ2n) is 2.76. The number of β-amino-alcohol motifs (C(OH)–C–C–N with tert-alkyl or cyclic N) is 1. The summed E-state index contributed by atoms with van der Waals surface area (Å²) in [7, 11) is 0. The summed E-state index contributed by atoms with van der Waals surface area (Å²) in [5, 5.41) is 9.13. The van der Waals surface area contributed by atoms with Crippen molar-refractivity contribution in [3.05, 3.63) is 0 Å². The minimum Gasteiger partial charge on any atom is -0.391 e. The molecule has 1 amide bonds. The fourth-order valence-electron chi connectivity index (χ4n) is 1.24. The summed E-state index contributed by atoms with van der Waals surface area (Å²) in [6.07, 6.45) is 1.47. The molecule has 0 saturated carbocycles. The summed E-state index contributed by atoms with van der Waals surface area (Å²) < 4.78 is 0. The van der Waals surface area contributed by atoms with E-state index < -0.39 is 0 Å².